The van der Waals surface area contributed by atoms with Gasteiger partial charge in [0.25, 0.3) is 0 Å². The number of aromatic nitrogens is 3. The first-order valence-corrected chi connectivity index (χ1v) is 10.0. The van der Waals surface area contributed by atoms with E-state index in [2.05, 4.69) is 10.1 Å². The normalized spacial score (nSPS) is 18.0. The van der Waals surface area contributed by atoms with E-state index in [9.17, 15) is 18.0 Å². The summed E-state index contributed by atoms with van der Waals surface area (Å²) in [5, 5.41) is 6.64. The van der Waals surface area contributed by atoms with Crippen LogP contribution in [0.3, 0.4) is 0 Å². The van der Waals surface area contributed by atoms with E-state index >= 15 is 0 Å². The van der Waals surface area contributed by atoms with Crippen molar-refractivity contribution in [3.05, 3.63) is 33.5 Å². The first-order chi connectivity index (χ1) is 12.8. The molecular weight excluding hydrogens is 401 g/mol. The van der Waals surface area contributed by atoms with Gasteiger partial charge in [-0.25, -0.2) is 4.98 Å². The smallest absolute Gasteiger partial charge is 0.302 e. The Morgan fingerprint density at radius 1 is 1.41 bits per heavy atom. The topological polar surface area (TPSA) is 51.0 Å². The van der Waals surface area contributed by atoms with E-state index in [-0.39, 0.29) is 6.54 Å². The van der Waals surface area contributed by atoms with Crippen LogP contribution in [0.2, 0.25) is 0 Å². The first kappa shape index (κ1) is 20.3. The predicted octanol–water partition coefficient (Wildman–Crippen LogP) is 3.85. The number of hydrogen-bond acceptors (Lipinski definition) is 5. The van der Waals surface area contributed by atoms with Gasteiger partial charge in [0.05, 0.1) is 29.2 Å². The lowest BCUT2D eigenvalue weighted by Gasteiger charge is -2.34. The molecule has 0 spiro atoms. The molecule has 1 saturated heterocycles. The molecule has 0 aliphatic carbocycles. The van der Waals surface area contributed by atoms with E-state index in [0.717, 1.165) is 35.9 Å². The van der Waals surface area contributed by atoms with Gasteiger partial charge < -0.3 is 4.79 Å². The summed E-state index contributed by atoms with van der Waals surface area (Å²) in [5.41, 5.74) is 0.335. The molecule has 1 unspecified atom stereocenters. The van der Waals surface area contributed by atoms with Gasteiger partial charge in [-0.2, -0.15) is 18.3 Å². The molecule has 2 aromatic heterocycles. The van der Waals surface area contributed by atoms with Crippen LogP contribution in [-0.2, 0) is 23.4 Å². The number of alkyl halides is 4. The van der Waals surface area contributed by atoms with Crippen molar-refractivity contribution < 1.29 is 18.0 Å². The lowest BCUT2D eigenvalue weighted by atomic mass is 9.96. The zero-order valence-electron chi connectivity index (χ0n) is 14.7. The van der Waals surface area contributed by atoms with E-state index < -0.39 is 17.9 Å². The maximum Gasteiger partial charge on any atom is 0.435 e. The summed E-state index contributed by atoms with van der Waals surface area (Å²) in [6.07, 6.45) is -1.98. The van der Waals surface area contributed by atoms with Crippen molar-refractivity contribution >= 4 is 29.2 Å². The third kappa shape index (κ3) is 4.70. The number of nitrogens with zero attached hydrogens (tertiary/aromatic N) is 4. The molecule has 1 atom stereocenters. The Kier molecular flexibility index (Phi) is 6.22. The maximum absolute atomic E-state index is 12.8. The van der Waals surface area contributed by atoms with Gasteiger partial charge in [0.1, 0.15) is 6.29 Å². The molecule has 3 heterocycles. The molecule has 0 N–H and O–H groups in total. The Labute approximate surface area is 164 Å². The maximum atomic E-state index is 12.8. The SMILES string of the molecule is Cc1cc(C(F)(F)F)nn1CC(C=O)N1CCC(c2nc(CCl)cs2)CC1. The van der Waals surface area contributed by atoms with Crippen molar-refractivity contribution in [2.75, 3.05) is 13.1 Å². The van der Waals surface area contributed by atoms with Crippen molar-refractivity contribution in [2.45, 2.75) is 50.3 Å². The number of piperidine rings is 1. The Balaban J connectivity index is 1.62. The third-order valence-electron chi connectivity index (χ3n) is 4.84. The lowest BCUT2D eigenvalue weighted by molar-refractivity contribution is -0.141. The fourth-order valence-corrected chi connectivity index (χ4v) is 4.52. The van der Waals surface area contributed by atoms with E-state index in [0.29, 0.717) is 30.6 Å². The molecule has 0 saturated carbocycles. The van der Waals surface area contributed by atoms with Gasteiger partial charge in [0.2, 0.25) is 0 Å². The Bertz CT molecular complexity index is 783. The zero-order valence-corrected chi connectivity index (χ0v) is 16.3. The van der Waals surface area contributed by atoms with Crippen LogP contribution in [0.25, 0.3) is 0 Å². The Hall–Kier alpha value is -1.45. The van der Waals surface area contributed by atoms with E-state index in [1.165, 1.54) is 4.68 Å². The van der Waals surface area contributed by atoms with Crippen molar-refractivity contribution in [3.8, 4) is 0 Å². The van der Waals surface area contributed by atoms with Gasteiger partial charge >= 0.3 is 6.18 Å². The van der Waals surface area contributed by atoms with E-state index in [1.54, 1.807) is 18.3 Å². The van der Waals surface area contributed by atoms with Crippen LogP contribution in [0.15, 0.2) is 11.4 Å². The Morgan fingerprint density at radius 2 is 2.11 bits per heavy atom. The highest BCUT2D eigenvalue weighted by Gasteiger charge is 2.35. The Morgan fingerprint density at radius 3 is 2.63 bits per heavy atom. The zero-order chi connectivity index (χ0) is 19.6. The molecule has 0 radical (unpaired) electrons. The fourth-order valence-electron chi connectivity index (χ4n) is 3.30. The second-order valence-corrected chi connectivity index (χ2v) is 7.83. The van der Waals surface area contributed by atoms with Crippen LogP contribution in [0, 0.1) is 6.92 Å². The summed E-state index contributed by atoms with van der Waals surface area (Å²) in [4.78, 5) is 18.1. The minimum atomic E-state index is -4.49. The average Bonchev–Trinajstić information content (AvgIpc) is 3.26. The number of carbonyl (C=O) groups is 1. The molecule has 1 aliphatic rings. The number of carbonyl (C=O) groups excluding carboxylic acids is 1. The molecule has 3 rings (SSSR count). The number of aryl methyl sites for hydroxylation is 1. The number of likely N-dealkylation sites (tertiary alicyclic amines) is 1. The van der Waals surface area contributed by atoms with Crippen LogP contribution in [0.4, 0.5) is 13.2 Å². The van der Waals surface area contributed by atoms with E-state index in [1.807, 2.05) is 10.3 Å². The standard InChI is InChI=1S/C17H20ClF3N4OS/c1-11-6-15(17(19,20)21)23-25(11)8-14(9-26)24-4-2-12(3-5-24)16-22-13(7-18)10-27-16/h6,9-10,12,14H,2-5,7-8H2,1H3. The minimum absolute atomic E-state index is 0.115. The summed E-state index contributed by atoms with van der Waals surface area (Å²) >= 11 is 7.40. The highest BCUT2D eigenvalue weighted by molar-refractivity contribution is 7.09. The monoisotopic (exact) mass is 420 g/mol. The van der Waals surface area contributed by atoms with Gasteiger partial charge in [-0.05, 0) is 38.9 Å². The summed E-state index contributed by atoms with van der Waals surface area (Å²) in [6.45, 7) is 3.06. The number of thiazole rings is 1. The van der Waals surface area contributed by atoms with Crippen LogP contribution in [0.5, 0.6) is 0 Å². The van der Waals surface area contributed by atoms with Crippen LogP contribution < -0.4 is 0 Å². The second-order valence-electron chi connectivity index (χ2n) is 6.68. The molecule has 0 bridgehead atoms. The van der Waals surface area contributed by atoms with Gasteiger partial charge in [-0.15, -0.1) is 22.9 Å². The molecule has 27 heavy (non-hydrogen) atoms. The second kappa shape index (κ2) is 8.28. The summed E-state index contributed by atoms with van der Waals surface area (Å²) in [5.74, 6) is 0.727. The summed E-state index contributed by atoms with van der Waals surface area (Å²) < 4.78 is 39.7. The molecule has 2 aromatic rings. The van der Waals surface area contributed by atoms with Crippen LogP contribution in [0.1, 0.15) is 40.8 Å². The molecule has 0 amide bonds. The van der Waals surface area contributed by atoms with Crippen molar-refractivity contribution in [2.24, 2.45) is 0 Å². The van der Waals surface area contributed by atoms with Gasteiger partial charge in [0.15, 0.2) is 5.69 Å². The molecule has 1 fully saturated rings. The molecule has 0 aromatic carbocycles. The number of rotatable bonds is 6. The number of halogens is 4. The van der Waals surface area contributed by atoms with Crippen LogP contribution >= 0.6 is 22.9 Å². The highest BCUT2D eigenvalue weighted by atomic mass is 35.5. The van der Waals surface area contributed by atoms with Crippen molar-refractivity contribution in [1.82, 2.24) is 19.7 Å². The highest BCUT2D eigenvalue weighted by Crippen LogP contribution is 2.32. The van der Waals surface area contributed by atoms with Gasteiger partial charge in [-0.3, -0.25) is 9.58 Å². The fraction of sp³-hybridized carbons (Fsp3) is 0.588. The van der Waals surface area contributed by atoms with Gasteiger partial charge in [-0.1, -0.05) is 0 Å². The molecule has 5 nitrogen and oxygen atoms in total. The molecular formula is C17H20ClF3N4OS. The van der Waals surface area contributed by atoms with Gasteiger partial charge in [0, 0.05) is 17.0 Å². The van der Waals surface area contributed by atoms with Crippen molar-refractivity contribution in [1.29, 1.82) is 0 Å². The largest absolute Gasteiger partial charge is 0.435 e. The van der Waals surface area contributed by atoms with E-state index in [4.69, 9.17) is 11.6 Å². The number of hydrogen-bond donors (Lipinski definition) is 0. The van der Waals surface area contributed by atoms with Crippen LogP contribution in [-0.4, -0.2) is 45.1 Å². The first-order valence-electron chi connectivity index (χ1n) is 8.63. The third-order valence-corrected chi connectivity index (χ3v) is 6.17. The average molecular weight is 421 g/mol. The lowest BCUT2D eigenvalue weighted by Crippen LogP contribution is -2.44. The number of aldehydes is 1. The summed E-state index contributed by atoms with van der Waals surface area (Å²) in [7, 11) is 0. The molecule has 1 aliphatic heterocycles. The minimum Gasteiger partial charge on any atom is -0.302 e. The predicted molar refractivity (Wildman–Crippen MR) is 97.0 cm³/mol. The summed E-state index contributed by atoms with van der Waals surface area (Å²) in [6, 6.07) is 0.505. The van der Waals surface area contributed by atoms with Crippen molar-refractivity contribution in [3.63, 3.8) is 0 Å². The molecule has 148 valence electrons. The molecule has 10 heteroatoms. The quantitative estimate of drug-likeness (QED) is 0.526.